The molecule has 0 saturated heterocycles. The van der Waals surface area contributed by atoms with Crippen LogP contribution < -0.4 is 0 Å². The Bertz CT molecular complexity index is 371. The zero-order chi connectivity index (χ0) is 13.0. The van der Waals surface area contributed by atoms with Crippen molar-refractivity contribution in [3.63, 3.8) is 0 Å². The molecule has 1 fully saturated rings. The molecule has 1 nitrogen and oxygen atoms in total. The molecule has 18 heavy (non-hydrogen) atoms. The summed E-state index contributed by atoms with van der Waals surface area (Å²) in [5.74, 6) is 0.857. The summed E-state index contributed by atoms with van der Waals surface area (Å²) in [6.45, 7) is 5.10. The highest BCUT2D eigenvalue weighted by atomic mass is 79.9. The minimum absolute atomic E-state index is 0.540. The largest absolute Gasteiger partial charge is 0.378 e. The number of halogens is 1. The third-order valence-electron chi connectivity index (χ3n) is 3.72. The lowest BCUT2D eigenvalue weighted by Crippen LogP contribution is -2.33. The first-order valence-electron chi connectivity index (χ1n) is 6.98. The second-order valence-electron chi connectivity index (χ2n) is 5.44. The molecule has 0 radical (unpaired) electrons. The smallest absolute Gasteiger partial charge is 0.0580 e. The highest BCUT2D eigenvalue weighted by molar-refractivity contribution is 9.09. The van der Waals surface area contributed by atoms with Crippen LogP contribution in [0.2, 0.25) is 0 Å². The van der Waals surface area contributed by atoms with Crippen molar-refractivity contribution >= 4 is 15.9 Å². The van der Waals surface area contributed by atoms with Crippen molar-refractivity contribution in [1.82, 2.24) is 0 Å². The quantitative estimate of drug-likeness (QED) is 0.703. The van der Waals surface area contributed by atoms with Gasteiger partial charge < -0.3 is 4.74 Å². The molecular weight excluding hydrogens is 288 g/mol. The van der Waals surface area contributed by atoms with E-state index in [-0.39, 0.29) is 0 Å². The molecule has 0 bridgehead atoms. The Morgan fingerprint density at radius 1 is 1.39 bits per heavy atom. The maximum absolute atomic E-state index is 5.61. The fourth-order valence-electron chi connectivity index (χ4n) is 2.78. The van der Waals surface area contributed by atoms with Crippen LogP contribution in [0.1, 0.15) is 37.3 Å². The number of hydrogen-bond acceptors (Lipinski definition) is 1. The van der Waals surface area contributed by atoms with Crippen molar-refractivity contribution < 1.29 is 4.74 Å². The molecule has 1 atom stereocenters. The molecule has 1 aromatic carbocycles. The highest BCUT2D eigenvalue weighted by Gasteiger charge is 2.30. The number of benzene rings is 1. The number of rotatable bonds is 6. The van der Waals surface area contributed by atoms with Gasteiger partial charge in [-0.15, -0.1) is 0 Å². The van der Waals surface area contributed by atoms with Gasteiger partial charge in [-0.3, -0.25) is 0 Å². The highest BCUT2D eigenvalue weighted by Crippen LogP contribution is 2.35. The summed E-state index contributed by atoms with van der Waals surface area (Å²) in [6.07, 6.45) is 5.46. The Hall–Kier alpha value is -0.340. The second-order valence-corrected chi connectivity index (χ2v) is 6.74. The predicted octanol–water partition coefficient (Wildman–Crippen LogP) is 4.51. The molecule has 1 aliphatic rings. The Kier molecular flexibility index (Phi) is 5.25. The normalized spacial score (nSPS) is 24.6. The van der Waals surface area contributed by atoms with Crippen molar-refractivity contribution in [3.8, 4) is 0 Å². The van der Waals surface area contributed by atoms with Gasteiger partial charge in [0, 0.05) is 11.4 Å². The van der Waals surface area contributed by atoms with Crippen LogP contribution in [0.15, 0.2) is 24.3 Å². The lowest BCUT2D eigenvalue weighted by molar-refractivity contribution is -0.0263. The summed E-state index contributed by atoms with van der Waals surface area (Å²) in [7, 11) is 0. The van der Waals surface area contributed by atoms with Gasteiger partial charge in [0.2, 0.25) is 0 Å². The zero-order valence-electron chi connectivity index (χ0n) is 11.4. The summed E-state index contributed by atoms with van der Waals surface area (Å²) in [6, 6.07) is 8.83. The van der Waals surface area contributed by atoms with Gasteiger partial charge in [-0.25, -0.2) is 0 Å². The van der Waals surface area contributed by atoms with Crippen LogP contribution in [0.3, 0.4) is 0 Å². The number of hydrogen-bond donors (Lipinski definition) is 0. The maximum Gasteiger partial charge on any atom is 0.0580 e. The van der Waals surface area contributed by atoms with Crippen molar-refractivity contribution in [2.24, 2.45) is 5.92 Å². The Labute approximate surface area is 119 Å². The number of ether oxygens (including phenoxy) is 1. The average Bonchev–Trinajstić information content (AvgIpc) is 2.26. The van der Waals surface area contributed by atoms with Gasteiger partial charge in [0.15, 0.2) is 0 Å². The Morgan fingerprint density at radius 3 is 2.83 bits per heavy atom. The lowest BCUT2D eigenvalue weighted by Gasteiger charge is -2.36. The molecule has 1 unspecified atom stereocenters. The predicted molar refractivity (Wildman–Crippen MR) is 80.4 cm³/mol. The van der Waals surface area contributed by atoms with Gasteiger partial charge >= 0.3 is 0 Å². The van der Waals surface area contributed by atoms with Crippen molar-refractivity contribution in [2.45, 2.75) is 50.5 Å². The Balaban J connectivity index is 1.71. The fourth-order valence-corrected chi connectivity index (χ4v) is 3.68. The van der Waals surface area contributed by atoms with E-state index in [1.807, 2.05) is 0 Å². The minimum Gasteiger partial charge on any atom is -0.378 e. The van der Waals surface area contributed by atoms with E-state index in [1.165, 1.54) is 30.4 Å². The summed E-state index contributed by atoms with van der Waals surface area (Å²) < 4.78 is 5.61. The van der Waals surface area contributed by atoms with Crippen LogP contribution in [-0.2, 0) is 11.2 Å². The molecule has 2 rings (SSSR count). The van der Waals surface area contributed by atoms with E-state index in [4.69, 9.17) is 4.74 Å². The molecule has 0 spiro atoms. The summed E-state index contributed by atoms with van der Waals surface area (Å²) in [4.78, 5) is 0.604. The molecule has 0 N–H and O–H groups in total. The summed E-state index contributed by atoms with van der Waals surface area (Å²) in [5.41, 5.74) is 2.80. The van der Waals surface area contributed by atoms with Gasteiger partial charge in [-0.2, -0.15) is 0 Å². The van der Waals surface area contributed by atoms with E-state index < -0.39 is 0 Å². The molecule has 100 valence electrons. The Morgan fingerprint density at radius 2 is 2.17 bits per heavy atom. The van der Waals surface area contributed by atoms with Crippen molar-refractivity contribution in [2.75, 3.05) is 6.61 Å². The summed E-state index contributed by atoms with van der Waals surface area (Å²) >= 11 is 3.83. The fraction of sp³-hybridized carbons (Fsp3) is 0.625. The number of aryl methyl sites for hydroxylation is 1. The van der Waals surface area contributed by atoms with Crippen LogP contribution in [-0.4, -0.2) is 17.5 Å². The topological polar surface area (TPSA) is 9.23 Å². The van der Waals surface area contributed by atoms with Crippen LogP contribution >= 0.6 is 15.9 Å². The van der Waals surface area contributed by atoms with Crippen LogP contribution in [0.25, 0.3) is 0 Å². The zero-order valence-corrected chi connectivity index (χ0v) is 12.9. The first-order valence-corrected chi connectivity index (χ1v) is 7.90. The first kappa shape index (κ1) is 14.1. The van der Waals surface area contributed by atoms with Gasteiger partial charge in [-0.1, -0.05) is 45.8 Å². The van der Waals surface area contributed by atoms with Crippen molar-refractivity contribution in [1.29, 1.82) is 0 Å². The van der Waals surface area contributed by atoms with Crippen LogP contribution in [0, 0.1) is 12.8 Å². The molecule has 1 saturated carbocycles. The molecule has 0 aromatic heterocycles. The molecule has 0 amide bonds. The molecule has 1 aromatic rings. The minimum atomic E-state index is 0.540. The third kappa shape index (κ3) is 4.10. The number of alkyl halides is 1. The van der Waals surface area contributed by atoms with E-state index in [0.29, 0.717) is 10.9 Å². The van der Waals surface area contributed by atoms with Crippen LogP contribution in [0.4, 0.5) is 0 Å². The SMILES string of the molecule is CCOC1CC(CC(Br)Cc2cccc(C)c2)C1. The van der Waals surface area contributed by atoms with E-state index in [1.54, 1.807) is 0 Å². The third-order valence-corrected chi connectivity index (χ3v) is 4.42. The van der Waals surface area contributed by atoms with Gasteiger partial charge in [0.05, 0.1) is 6.10 Å². The van der Waals surface area contributed by atoms with Gasteiger partial charge in [-0.05, 0) is 51.0 Å². The molecule has 1 aliphatic carbocycles. The average molecular weight is 311 g/mol. The van der Waals surface area contributed by atoms with Gasteiger partial charge in [0.25, 0.3) is 0 Å². The van der Waals surface area contributed by atoms with E-state index in [9.17, 15) is 0 Å². The van der Waals surface area contributed by atoms with Crippen molar-refractivity contribution in [3.05, 3.63) is 35.4 Å². The molecule has 0 heterocycles. The summed E-state index contributed by atoms with van der Waals surface area (Å²) in [5, 5.41) is 0. The first-order chi connectivity index (χ1) is 8.67. The maximum atomic E-state index is 5.61. The second kappa shape index (κ2) is 6.72. The van der Waals surface area contributed by atoms with E-state index in [0.717, 1.165) is 18.9 Å². The van der Waals surface area contributed by atoms with Gasteiger partial charge in [0.1, 0.15) is 0 Å². The van der Waals surface area contributed by atoms with Crippen LogP contribution in [0.5, 0.6) is 0 Å². The van der Waals surface area contributed by atoms with E-state index in [2.05, 4.69) is 54.0 Å². The molecule has 0 aliphatic heterocycles. The van der Waals surface area contributed by atoms with E-state index >= 15 is 0 Å². The lowest BCUT2D eigenvalue weighted by atomic mass is 9.79. The monoisotopic (exact) mass is 310 g/mol. The molecular formula is C16H23BrO. The molecule has 2 heteroatoms. The standard InChI is InChI=1S/C16H23BrO/c1-3-18-16-10-14(11-16)9-15(17)8-13-6-4-5-12(2)7-13/h4-7,14-16H,3,8-11H2,1-2H3.